The van der Waals surface area contributed by atoms with Crippen LogP contribution in [0, 0.1) is 34.6 Å². The van der Waals surface area contributed by atoms with Crippen LogP contribution in [-0.2, 0) is 0 Å². The molecular formula is C59H54N6O6. The SMILES string of the molecule is C/C=C/c1nc2ccccc2o1.C/C=C/c1ncc(-c2ccccc2)o1.Cc1cc2ccccc2o1.Cc1ccc(-c2nnc(C)o2)cc1.Cc1nc2ccccc2o1.Cc1ncc(-c2ccccc2)o1. The van der Waals surface area contributed by atoms with Crippen LogP contribution in [-0.4, -0.2) is 30.1 Å². The molecule has 0 aliphatic carbocycles. The zero-order valence-corrected chi connectivity index (χ0v) is 40.7. The van der Waals surface area contributed by atoms with Crippen molar-refractivity contribution in [1.29, 1.82) is 0 Å². The van der Waals surface area contributed by atoms with Crippen LogP contribution in [0.1, 0.15) is 54.6 Å². The molecule has 0 aliphatic heterocycles. The van der Waals surface area contributed by atoms with Gasteiger partial charge in [0.05, 0.1) is 12.4 Å². The van der Waals surface area contributed by atoms with E-state index in [0.29, 0.717) is 29.5 Å². The van der Waals surface area contributed by atoms with Gasteiger partial charge in [-0.2, -0.15) is 0 Å². The van der Waals surface area contributed by atoms with Gasteiger partial charge in [-0.1, -0.05) is 133 Å². The maximum Gasteiger partial charge on any atom is 0.247 e. The standard InChI is InChI=1S/C12H11NO.C10H10N2O.2C10H9NO.C9H8O.C8H7NO/c1-2-6-12-13-9-11(14-12)10-7-4-3-5-8-10;1-7-3-5-9(6-4-7)10-12-11-8(2)13-10;1-8-11-7-10(12-8)9-5-3-2-4-6-9;1-2-5-10-11-8-6-3-4-7-9(8)12-10;1-7-6-8-4-2-3-5-9(8)10-7;1-6-9-7-4-2-3-5-8(7)10-6/h2-9H,1H3;3-6H,1-2H3;2*2-7H,1H3;2-6H,1H3;2-5H,1H3/b6-2+;;;5-2+;;. The molecule has 6 heterocycles. The van der Waals surface area contributed by atoms with E-state index in [1.807, 2.05) is 230 Å². The van der Waals surface area contributed by atoms with Crippen LogP contribution in [0.15, 0.2) is 215 Å². The first-order valence-electron chi connectivity index (χ1n) is 22.9. The van der Waals surface area contributed by atoms with Gasteiger partial charge in [-0.15, -0.1) is 10.2 Å². The Morgan fingerprint density at radius 2 is 0.944 bits per heavy atom. The minimum atomic E-state index is 0.581. The fourth-order valence-electron chi connectivity index (χ4n) is 6.66. The second kappa shape index (κ2) is 25.3. The lowest BCUT2D eigenvalue weighted by atomic mass is 10.1. The fourth-order valence-corrected chi connectivity index (χ4v) is 6.66. The van der Waals surface area contributed by atoms with Gasteiger partial charge in [0, 0.05) is 42.8 Å². The molecule has 0 saturated heterocycles. The average molecular weight is 943 g/mol. The Balaban J connectivity index is 0.000000126. The van der Waals surface area contributed by atoms with Gasteiger partial charge in [-0.3, -0.25) is 0 Å². The van der Waals surface area contributed by atoms with E-state index in [1.54, 1.807) is 19.3 Å². The number of rotatable bonds is 5. The number of aryl methyl sites for hydroxylation is 5. The highest BCUT2D eigenvalue weighted by atomic mass is 16.4. The van der Waals surface area contributed by atoms with Gasteiger partial charge in [0.1, 0.15) is 22.4 Å². The lowest BCUT2D eigenvalue weighted by Gasteiger charge is -1.94. The maximum absolute atomic E-state index is 5.51. The highest BCUT2D eigenvalue weighted by Crippen LogP contribution is 2.22. The third-order valence-corrected chi connectivity index (χ3v) is 9.96. The summed E-state index contributed by atoms with van der Waals surface area (Å²) in [7, 11) is 0. The largest absolute Gasteiger partial charge is 0.461 e. The Labute approximate surface area is 412 Å². The topological polar surface area (TPSA) is 156 Å². The summed E-state index contributed by atoms with van der Waals surface area (Å²) < 4.78 is 32.2. The first-order chi connectivity index (χ1) is 34.6. The lowest BCUT2D eigenvalue weighted by molar-refractivity contribution is 0.532. The molecular weight excluding hydrogens is 889 g/mol. The highest BCUT2D eigenvalue weighted by Gasteiger charge is 2.06. The van der Waals surface area contributed by atoms with Gasteiger partial charge < -0.3 is 26.5 Å². The van der Waals surface area contributed by atoms with E-state index in [9.17, 15) is 0 Å². The molecule has 6 aromatic carbocycles. The molecule has 12 heteroatoms. The quantitative estimate of drug-likeness (QED) is 0.161. The first kappa shape index (κ1) is 49.7. The molecule has 0 unspecified atom stereocenters. The van der Waals surface area contributed by atoms with Gasteiger partial charge >= 0.3 is 0 Å². The Kier molecular flexibility index (Phi) is 17.7. The fraction of sp³-hybridized carbons (Fsp3) is 0.119. The van der Waals surface area contributed by atoms with E-state index >= 15 is 0 Å². The van der Waals surface area contributed by atoms with Crippen LogP contribution in [0.4, 0.5) is 0 Å². The number of aromatic nitrogens is 6. The molecule has 12 rings (SSSR count). The number of oxazole rings is 4. The molecule has 356 valence electrons. The molecule has 0 spiro atoms. The molecule has 0 N–H and O–H groups in total. The van der Waals surface area contributed by atoms with Crippen molar-refractivity contribution in [3.8, 4) is 34.1 Å². The zero-order valence-electron chi connectivity index (χ0n) is 40.7. The van der Waals surface area contributed by atoms with Crippen molar-refractivity contribution >= 4 is 45.3 Å². The van der Waals surface area contributed by atoms with E-state index < -0.39 is 0 Å². The predicted molar refractivity (Wildman–Crippen MR) is 281 cm³/mol. The van der Waals surface area contributed by atoms with Gasteiger partial charge in [0.15, 0.2) is 34.5 Å². The third-order valence-electron chi connectivity index (χ3n) is 9.96. The summed E-state index contributed by atoms with van der Waals surface area (Å²) in [6.45, 7) is 13.3. The molecule has 0 fully saturated rings. The second-order valence-corrected chi connectivity index (χ2v) is 15.6. The normalized spacial score (nSPS) is 10.6. The van der Waals surface area contributed by atoms with Crippen molar-refractivity contribution in [3.63, 3.8) is 0 Å². The van der Waals surface area contributed by atoms with E-state index in [2.05, 4.69) is 30.1 Å². The van der Waals surface area contributed by atoms with E-state index in [1.165, 1.54) is 10.9 Å². The molecule has 0 radical (unpaired) electrons. The molecule has 6 aromatic heterocycles. The van der Waals surface area contributed by atoms with Crippen LogP contribution in [0.3, 0.4) is 0 Å². The van der Waals surface area contributed by atoms with Crippen molar-refractivity contribution in [2.45, 2.75) is 48.5 Å². The summed E-state index contributed by atoms with van der Waals surface area (Å²) in [5, 5.41) is 8.88. The molecule has 71 heavy (non-hydrogen) atoms. The number of nitrogens with zero attached hydrogens (tertiary/aromatic N) is 6. The summed E-state index contributed by atoms with van der Waals surface area (Å²) in [6.07, 6.45) is 11.0. The third kappa shape index (κ3) is 14.9. The molecule has 0 saturated carbocycles. The summed E-state index contributed by atoms with van der Waals surface area (Å²) in [5.41, 5.74) is 8.82. The van der Waals surface area contributed by atoms with Crippen molar-refractivity contribution in [2.75, 3.05) is 0 Å². The smallest absolute Gasteiger partial charge is 0.247 e. The molecule has 0 aliphatic rings. The first-order valence-corrected chi connectivity index (χ1v) is 22.9. The van der Waals surface area contributed by atoms with Crippen LogP contribution < -0.4 is 0 Å². The maximum atomic E-state index is 5.51. The van der Waals surface area contributed by atoms with Crippen molar-refractivity contribution in [3.05, 3.63) is 229 Å². The lowest BCUT2D eigenvalue weighted by Crippen LogP contribution is -1.77. The van der Waals surface area contributed by atoms with Gasteiger partial charge in [0.2, 0.25) is 23.6 Å². The van der Waals surface area contributed by atoms with E-state index in [0.717, 1.165) is 67.6 Å². The number of hydrogen-bond acceptors (Lipinski definition) is 12. The van der Waals surface area contributed by atoms with Crippen molar-refractivity contribution in [2.24, 2.45) is 0 Å². The van der Waals surface area contributed by atoms with Crippen LogP contribution in [0.25, 0.3) is 79.4 Å². The summed E-state index contributed by atoms with van der Waals surface area (Å²) in [4.78, 5) is 16.6. The van der Waals surface area contributed by atoms with Gasteiger partial charge in [-0.05, 0) is 88.4 Å². The number of hydrogen-bond donors (Lipinski definition) is 0. The predicted octanol–water partition coefficient (Wildman–Crippen LogP) is 16.1. The Morgan fingerprint density at radius 1 is 0.394 bits per heavy atom. The van der Waals surface area contributed by atoms with Crippen molar-refractivity contribution < 1.29 is 26.5 Å². The number of para-hydroxylation sites is 5. The molecule has 0 amide bonds. The second-order valence-electron chi connectivity index (χ2n) is 15.6. The summed E-state index contributed by atoms with van der Waals surface area (Å²) in [6, 6.07) is 53.4. The Morgan fingerprint density at radius 3 is 1.51 bits per heavy atom. The van der Waals surface area contributed by atoms with Gasteiger partial charge in [-0.25, -0.2) is 19.9 Å². The minimum Gasteiger partial charge on any atom is -0.461 e. The average Bonchev–Trinajstić information content (AvgIpc) is 4.27. The van der Waals surface area contributed by atoms with Gasteiger partial charge in [0.25, 0.3) is 0 Å². The molecule has 12 nitrogen and oxygen atoms in total. The minimum absolute atomic E-state index is 0.581. The van der Waals surface area contributed by atoms with E-state index in [4.69, 9.17) is 26.5 Å². The number of benzene rings is 6. The number of allylic oxidation sites excluding steroid dienone is 2. The zero-order chi connectivity index (χ0) is 49.8. The summed E-state index contributed by atoms with van der Waals surface area (Å²) in [5.74, 6) is 6.51. The monoisotopic (exact) mass is 942 g/mol. The summed E-state index contributed by atoms with van der Waals surface area (Å²) >= 11 is 0. The van der Waals surface area contributed by atoms with E-state index in [-0.39, 0.29) is 0 Å². The van der Waals surface area contributed by atoms with Crippen LogP contribution in [0.2, 0.25) is 0 Å². The van der Waals surface area contributed by atoms with Crippen LogP contribution >= 0.6 is 0 Å². The molecule has 0 bridgehead atoms. The molecule has 12 aromatic rings. The van der Waals surface area contributed by atoms with Crippen LogP contribution in [0.5, 0.6) is 0 Å². The van der Waals surface area contributed by atoms with Crippen molar-refractivity contribution in [1.82, 2.24) is 30.1 Å². The molecule has 0 atom stereocenters. The highest BCUT2D eigenvalue weighted by molar-refractivity contribution is 5.77. The number of fused-ring (bicyclic) bond motifs is 3. The number of furan rings is 1. The Hall–Kier alpha value is -9.16. The Bertz CT molecular complexity index is 3350.